The van der Waals surface area contributed by atoms with Crippen molar-refractivity contribution in [3.05, 3.63) is 150 Å². The Morgan fingerprint density at radius 1 is 0.714 bits per heavy atom. The zero-order valence-electron chi connectivity index (χ0n) is 28.9. The van der Waals surface area contributed by atoms with Gasteiger partial charge in [-0.15, -0.1) is 53.6 Å². The van der Waals surface area contributed by atoms with Gasteiger partial charge in [0.1, 0.15) is 5.58 Å². The number of rotatable bonds is 6. The molecular formula is C43H41FIrN2OSi-2. The third kappa shape index (κ3) is 9.07. The molecule has 7 aromatic rings. The van der Waals surface area contributed by atoms with Crippen molar-refractivity contribution in [2.75, 3.05) is 0 Å². The molecule has 3 nitrogen and oxygen atoms in total. The Balaban J connectivity index is 0.000000187. The van der Waals surface area contributed by atoms with Crippen molar-refractivity contribution in [1.29, 1.82) is 0 Å². The Hall–Kier alpha value is -4.22. The summed E-state index contributed by atoms with van der Waals surface area (Å²) in [7, 11) is -1.50. The van der Waals surface area contributed by atoms with Gasteiger partial charge in [0.2, 0.25) is 0 Å². The van der Waals surface area contributed by atoms with Crippen molar-refractivity contribution in [2.45, 2.75) is 53.3 Å². The minimum absolute atomic E-state index is 0. The molecule has 0 fully saturated rings. The van der Waals surface area contributed by atoms with Crippen molar-refractivity contribution in [3.63, 3.8) is 0 Å². The van der Waals surface area contributed by atoms with E-state index in [-0.39, 0.29) is 31.3 Å². The van der Waals surface area contributed by atoms with Gasteiger partial charge in [-0.1, -0.05) is 118 Å². The van der Waals surface area contributed by atoms with Gasteiger partial charge in [0.15, 0.2) is 0 Å². The van der Waals surface area contributed by atoms with Gasteiger partial charge in [-0.25, -0.2) is 0 Å². The van der Waals surface area contributed by atoms with Crippen LogP contribution in [0.5, 0.6) is 0 Å². The van der Waals surface area contributed by atoms with Crippen molar-refractivity contribution in [1.82, 2.24) is 9.97 Å². The molecule has 0 amide bonds. The van der Waals surface area contributed by atoms with Crippen LogP contribution in [0.15, 0.2) is 120 Å². The third-order valence-electron chi connectivity index (χ3n) is 8.23. The Labute approximate surface area is 304 Å². The van der Waals surface area contributed by atoms with E-state index < -0.39 is 8.07 Å². The van der Waals surface area contributed by atoms with E-state index >= 15 is 0 Å². The molecule has 0 bridgehead atoms. The molecule has 0 unspecified atom stereocenters. The smallest absolute Gasteiger partial charge is 0.120 e. The normalized spacial score (nSPS) is 11.6. The number of hydrogen-bond acceptors (Lipinski definition) is 3. The summed E-state index contributed by atoms with van der Waals surface area (Å²) in [6, 6.07) is 39.9. The second kappa shape index (κ2) is 15.1. The van der Waals surface area contributed by atoms with E-state index in [2.05, 4.69) is 117 Å². The van der Waals surface area contributed by atoms with Crippen LogP contribution in [-0.2, 0) is 32.9 Å². The fourth-order valence-corrected chi connectivity index (χ4v) is 7.58. The van der Waals surface area contributed by atoms with Crippen molar-refractivity contribution in [3.8, 4) is 22.5 Å². The van der Waals surface area contributed by atoms with Crippen LogP contribution in [0, 0.1) is 23.4 Å². The summed E-state index contributed by atoms with van der Waals surface area (Å²) in [6.07, 6.45) is 5.81. The molecule has 1 radical (unpaired) electrons. The van der Waals surface area contributed by atoms with Crippen LogP contribution >= 0.6 is 0 Å². The van der Waals surface area contributed by atoms with Crippen LogP contribution in [0.1, 0.15) is 37.5 Å². The second-order valence-corrected chi connectivity index (χ2v) is 19.6. The number of nitrogens with zero attached hydrogens (tertiary/aromatic N) is 2. The third-order valence-corrected chi connectivity index (χ3v) is 10.3. The molecule has 0 spiro atoms. The number of furan rings is 1. The van der Waals surface area contributed by atoms with Gasteiger partial charge in [0.05, 0.1) is 13.7 Å². The molecule has 0 aliphatic rings. The van der Waals surface area contributed by atoms with Crippen molar-refractivity contribution >= 4 is 35.2 Å². The molecule has 0 atom stereocenters. The summed E-state index contributed by atoms with van der Waals surface area (Å²) < 4.78 is 19.0. The molecule has 0 saturated heterocycles. The molecule has 3 aromatic heterocycles. The van der Waals surface area contributed by atoms with Gasteiger partial charge in [0.25, 0.3) is 0 Å². The van der Waals surface area contributed by atoms with E-state index in [0.29, 0.717) is 0 Å². The van der Waals surface area contributed by atoms with Crippen molar-refractivity contribution < 1.29 is 28.9 Å². The van der Waals surface area contributed by atoms with E-state index in [1.807, 2.05) is 42.7 Å². The van der Waals surface area contributed by atoms with E-state index in [1.54, 1.807) is 6.07 Å². The number of fused-ring (bicyclic) bond motifs is 3. The Kier molecular flexibility index (Phi) is 11.1. The monoisotopic (exact) mass is 841 g/mol. The van der Waals surface area contributed by atoms with E-state index in [9.17, 15) is 4.39 Å². The fourth-order valence-electron chi connectivity index (χ4n) is 6.01. The molecule has 0 saturated carbocycles. The molecule has 7 rings (SSSR count). The molecule has 3 heterocycles. The topological polar surface area (TPSA) is 38.9 Å². The molecule has 251 valence electrons. The molecule has 6 heteroatoms. The van der Waals surface area contributed by atoms with Crippen LogP contribution < -0.4 is 5.19 Å². The fraction of sp³-hybridized carbons (Fsp3) is 0.209. The van der Waals surface area contributed by atoms with Gasteiger partial charge in [-0.2, -0.15) is 0 Å². The SMILES string of the molecule is CC(C)(C)Cc1ccnc(-c2[c-]cc3oc4ccccc4c3c2)c1.C[Si](C)(C)c1cnc(-c2[c-]cc(F)cc2)cc1Cc1ccccc1.[Ir]. The molecule has 0 aliphatic carbocycles. The Morgan fingerprint density at radius 3 is 2.14 bits per heavy atom. The van der Waals surface area contributed by atoms with E-state index in [4.69, 9.17) is 4.42 Å². The number of benzene rings is 4. The maximum absolute atomic E-state index is 13.1. The summed E-state index contributed by atoms with van der Waals surface area (Å²) in [5.74, 6) is -0.276. The first-order chi connectivity index (χ1) is 22.9. The largest absolute Gasteiger partial charge is 0.500 e. The number of pyridine rings is 2. The molecule has 0 aliphatic heterocycles. The number of hydrogen-bond donors (Lipinski definition) is 0. The summed E-state index contributed by atoms with van der Waals surface area (Å²) in [5, 5.41) is 3.62. The minimum Gasteiger partial charge on any atom is -0.500 e. The van der Waals surface area contributed by atoms with E-state index in [0.717, 1.165) is 57.3 Å². The number of para-hydroxylation sites is 1. The maximum Gasteiger partial charge on any atom is 0.120 e. The Morgan fingerprint density at radius 2 is 1.43 bits per heavy atom. The first kappa shape index (κ1) is 36.1. The predicted octanol–water partition coefficient (Wildman–Crippen LogP) is 10.9. The standard InChI is InChI=1S/C22H20NO.C21H21FNSi.Ir/c1-22(2,3)14-15-10-11-23-19(12-15)16-8-9-21-18(13-16)17-6-4-5-7-20(17)24-21;1-24(2,3)21-15-23-20(17-9-11-19(22)12-10-17)14-18(21)13-16-7-5-4-6-8-16;/h4-7,9-13H,14H2,1-3H3;4-9,11-12,14-15H,13H2,1-3H3;/q2*-1;. The predicted molar refractivity (Wildman–Crippen MR) is 200 cm³/mol. The first-order valence-corrected chi connectivity index (χ1v) is 19.9. The van der Waals surface area contributed by atoms with Crippen LogP contribution in [-0.4, -0.2) is 18.0 Å². The van der Waals surface area contributed by atoms with Crippen LogP contribution in [0.3, 0.4) is 0 Å². The van der Waals surface area contributed by atoms with Gasteiger partial charge in [0, 0.05) is 43.7 Å². The zero-order valence-corrected chi connectivity index (χ0v) is 32.3. The van der Waals surface area contributed by atoms with Crippen LogP contribution in [0.25, 0.3) is 44.5 Å². The van der Waals surface area contributed by atoms with Crippen molar-refractivity contribution in [2.24, 2.45) is 5.41 Å². The average Bonchev–Trinajstić information content (AvgIpc) is 3.43. The van der Waals surface area contributed by atoms with Crippen LogP contribution in [0.4, 0.5) is 4.39 Å². The summed E-state index contributed by atoms with van der Waals surface area (Å²) in [6.45, 7) is 13.8. The zero-order chi connectivity index (χ0) is 33.9. The van der Waals surface area contributed by atoms with Gasteiger partial charge in [-0.3, -0.25) is 4.39 Å². The molecular weight excluding hydrogens is 800 g/mol. The average molecular weight is 841 g/mol. The number of halogens is 1. The molecule has 0 N–H and O–H groups in total. The minimum atomic E-state index is -1.50. The summed E-state index contributed by atoms with van der Waals surface area (Å²) in [4.78, 5) is 9.18. The maximum atomic E-state index is 13.1. The van der Waals surface area contributed by atoms with Gasteiger partial charge in [-0.05, 0) is 52.5 Å². The first-order valence-electron chi connectivity index (χ1n) is 16.4. The summed E-state index contributed by atoms with van der Waals surface area (Å²) >= 11 is 0. The van der Waals surface area contributed by atoms with Crippen LogP contribution in [0.2, 0.25) is 19.6 Å². The summed E-state index contributed by atoms with van der Waals surface area (Å²) in [5.41, 5.74) is 9.58. The number of aromatic nitrogens is 2. The Bertz CT molecular complexity index is 2160. The quantitative estimate of drug-likeness (QED) is 0.124. The van der Waals surface area contributed by atoms with Gasteiger partial charge < -0.3 is 14.4 Å². The van der Waals surface area contributed by atoms with E-state index in [1.165, 1.54) is 34.0 Å². The molecule has 4 aromatic carbocycles. The van der Waals surface area contributed by atoms with Gasteiger partial charge >= 0.3 is 0 Å². The molecule has 49 heavy (non-hydrogen) atoms. The second-order valence-electron chi connectivity index (χ2n) is 14.6.